The maximum Gasteiger partial charge on any atom is 0.225 e. The number of amides is 2. The molecule has 1 aromatic rings. The molecule has 1 N–H and O–H groups in total. The van der Waals surface area contributed by atoms with Gasteiger partial charge in [-0.3, -0.25) is 19.5 Å². The lowest BCUT2D eigenvalue weighted by molar-refractivity contribution is -0.134. The molecule has 3 fully saturated rings. The molecule has 2 saturated heterocycles. The van der Waals surface area contributed by atoms with Crippen molar-refractivity contribution in [2.24, 2.45) is 11.8 Å². The van der Waals surface area contributed by atoms with E-state index in [9.17, 15) is 9.59 Å². The third kappa shape index (κ3) is 5.56. The highest BCUT2D eigenvalue weighted by molar-refractivity contribution is 5.81. The van der Waals surface area contributed by atoms with Gasteiger partial charge in [-0.05, 0) is 75.6 Å². The summed E-state index contributed by atoms with van der Waals surface area (Å²) in [6, 6.07) is 4.59. The highest BCUT2D eigenvalue weighted by Crippen LogP contribution is 2.32. The number of aromatic nitrogens is 1. The molecule has 0 bridgehead atoms. The molecule has 3 aliphatic rings. The number of likely N-dealkylation sites (tertiary alicyclic amines) is 2. The van der Waals surface area contributed by atoms with Crippen molar-refractivity contribution in [3.05, 3.63) is 30.1 Å². The Labute approximate surface area is 174 Å². The Balaban J connectivity index is 1.17. The van der Waals surface area contributed by atoms with Crippen molar-refractivity contribution in [3.63, 3.8) is 0 Å². The van der Waals surface area contributed by atoms with Crippen LogP contribution >= 0.6 is 0 Å². The Morgan fingerprint density at radius 1 is 1.00 bits per heavy atom. The second-order valence-electron chi connectivity index (χ2n) is 8.91. The van der Waals surface area contributed by atoms with Gasteiger partial charge in [0, 0.05) is 50.5 Å². The summed E-state index contributed by atoms with van der Waals surface area (Å²) in [6.45, 7) is 4.48. The highest BCUT2D eigenvalue weighted by atomic mass is 16.2. The van der Waals surface area contributed by atoms with Crippen LogP contribution in [0.1, 0.15) is 50.5 Å². The van der Waals surface area contributed by atoms with Gasteiger partial charge in [-0.15, -0.1) is 0 Å². The standard InChI is InChI=1S/C23H34N4O2/c28-22(25-11-1-3-18-7-12-24-13-8-18)20-4-2-14-27(17-20)21-9-15-26(16-10-21)23(29)19-5-6-19/h7-8,12-13,19-21H,1-6,9-11,14-17H2,(H,25,28)/t20-/m0/s1. The fourth-order valence-electron chi connectivity index (χ4n) is 4.79. The molecule has 2 amide bonds. The molecule has 0 spiro atoms. The van der Waals surface area contributed by atoms with Crippen molar-refractivity contribution in [1.82, 2.24) is 20.1 Å². The second-order valence-corrected chi connectivity index (χ2v) is 8.91. The van der Waals surface area contributed by atoms with E-state index in [4.69, 9.17) is 0 Å². The van der Waals surface area contributed by atoms with Gasteiger partial charge in [0.05, 0.1) is 5.92 Å². The molecule has 0 unspecified atom stereocenters. The zero-order chi connectivity index (χ0) is 20.1. The van der Waals surface area contributed by atoms with Crippen LogP contribution in [-0.2, 0) is 16.0 Å². The van der Waals surface area contributed by atoms with Crippen molar-refractivity contribution >= 4 is 11.8 Å². The molecule has 1 aromatic heterocycles. The summed E-state index contributed by atoms with van der Waals surface area (Å²) in [5, 5.41) is 3.15. The van der Waals surface area contributed by atoms with Crippen molar-refractivity contribution in [3.8, 4) is 0 Å². The van der Waals surface area contributed by atoms with E-state index in [1.807, 2.05) is 24.5 Å². The number of piperidine rings is 2. The molecule has 0 radical (unpaired) electrons. The Morgan fingerprint density at radius 3 is 2.48 bits per heavy atom. The molecule has 29 heavy (non-hydrogen) atoms. The first kappa shape index (κ1) is 20.3. The van der Waals surface area contributed by atoms with E-state index >= 15 is 0 Å². The summed E-state index contributed by atoms with van der Waals surface area (Å²) in [6.07, 6.45) is 11.9. The van der Waals surface area contributed by atoms with Gasteiger partial charge in [0.15, 0.2) is 0 Å². The lowest BCUT2D eigenvalue weighted by Crippen LogP contribution is -2.51. The minimum absolute atomic E-state index is 0.107. The fraction of sp³-hybridized carbons (Fsp3) is 0.696. The largest absolute Gasteiger partial charge is 0.356 e. The van der Waals surface area contributed by atoms with Gasteiger partial charge in [0.2, 0.25) is 11.8 Å². The second kappa shape index (κ2) is 9.70. The van der Waals surface area contributed by atoms with E-state index in [1.54, 1.807) is 0 Å². The Morgan fingerprint density at radius 2 is 1.76 bits per heavy atom. The summed E-state index contributed by atoms with van der Waals surface area (Å²) >= 11 is 0. The molecule has 6 heteroatoms. The molecule has 158 valence electrons. The Kier molecular flexibility index (Phi) is 6.80. The maximum atomic E-state index is 12.7. The zero-order valence-corrected chi connectivity index (χ0v) is 17.4. The van der Waals surface area contributed by atoms with Gasteiger partial charge in [-0.2, -0.15) is 0 Å². The van der Waals surface area contributed by atoms with E-state index in [0.29, 0.717) is 17.9 Å². The highest BCUT2D eigenvalue weighted by Gasteiger charge is 2.37. The van der Waals surface area contributed by atoms with E-state index in [-0.39, 0.29) is 11.8 Å². The average molecular weight is 399 g/mol. The summed E-state index contributed by atoms with van der Waals surface area (Å²) in [5.74, 6) is 1.03. The molecule has 3 heterocycles. The Bertz CT molecular complexity index is 683. The van der Waals surface area contributed by atoms with Crippen LogP contribution in [0.15, 0.2) is 24.5 Å². The number of aryl methyl sites for hydroxylation is 1. The van der Waals surface area contributed by atoms with Crippen LogP contribution in [0, 0.1) is 11.8 Å². The van der Waals surface area contributed by atoms with Crippen molar-refractivity contribution in [2.45, 2.75) is 57.4 Å². The average Bonchev–Trinajstić information content (AvgIpc) is 3.62. The lowest BCUT2D eigenvalue weighted by Gasteiger charge is -2.42. The van der Waals surface area contributed by atoms with E-state index in [1.165, 1.54) is 5.56 Å². The third-order valence-electron chi connectivity index (χ3n) is 6.73. The summed E-state index contributed by atoms with van der Waals surface area (Å²) in [4.78, 5) is 33.5. The number of hydrogen-bond acceptors (Lipinski definition) is 4. The Hall–Kier alpha value is -1.95. The molecule has 6 nitrogen and oxygen atoms in total. The summed E-state index contributed by atoms with van der Waals surface area (Å²) in [5.41, 5.74) is 1.27. The number of pyridine rings is 1. The molecular weight excluding hydrogens is 364 g/mol. The van der Waals surface area contributed by atoms with Gasteiger partial charge in [0.1, 0.15) is 0 Å². The van der Waals surface area contributed by atoms with Crippen LogP contribution in [0.4, 0.5) is 0 Å². The van der Waals surface area contributed by atoms with Crippen molar-refractivity contribution in [1.29, 1.82) is 0 Å². The number of nitrogens with zero attached hydrogens (tertiary/aromatic N) is 3. The predicted molar refractivity (Wildman–Crippen MR) is 112 cm³/mol. The molecular formula is C23H34N4O2. The smallest absolute Gasteiger partial charge is 0.225 e. The molecule has 0 aromatic carbocycles. The van der Waals surface area contributed by atoms with Crippen LogP contribution in [0.5, 0.6) is 0 Å². The molecule has 1 atom stereocenters. The topological polar surface area (TPSA) is 65.5 Å². The van der Waals surface area contributed by atoms with Gasteiger partial charge in [0.25, 0.3) is 0 Å². The summed E-state index contributed by atoms with van der Waals surface area (Å²) in [7, 11) is 0. The maximum absolute atomic E-state index is 12.7. The summed E-state index contributed by atoms with van der Waals surface area (Å²) < 4.78 is 0. The molecule has 1 saturated carbocycles. The quantitative estimate of drug-likeness (QED) is 0.716. The number of carbonyl (C=O) groups excluding carboxylic acids is 2. The number of rotatable bonds is 7. The SMILES string of the molecule is O=C(NCCCc1ccncc1)[C@H]1CCCN(C2CCN(C(=O)C3CC3)CC2)C1. The first-order valence-electron chi connectivity index (χ1n) is 11.4. The predicted octanol–water partition coefficient (Wildman–Crippen LogP) is 2.24. The van der Waals surface area contributed by atoms with Crippen LogP contribution in [0.3, 0.4) is 0 Å². The number of carbonyl (C=O) groups is 2. The van der Waals surface area contributed by atoms with Crippen LogP contribution in [-0.4, -0.2) is 65.4 Å². The van der Waals surface area contributed by atoms with E-state index in [0.717, 1.165) is 84.1 Å². The lowest BCUT2D eigenvalue weighted by atomic mass is 9.93. The zero-order valence-electron chi connectivity index (χ0n) is 17.4. The minimum atomic E-state index is 0.107. The fourth-order valence-corrected chi connectivity index (χ4v) is 4.79. The van der Waals surface area contributed by atoms with Crippen molar-refractivity contribution in [2.75, 3.05) is 32.7 Å². The van der Waals surface area contributed by atoms with E-state index < -0.39 is 0 Å². The monoisotopic (exact) mass is 398 g/mol. The van der Waals surface area contributed by atoms with Gasteiger partial charge in [-0.25, -0.2) is 0 Å². The van der Waals surface area contributed by atoms with Gasteiger partial charge < -0.3 is 10.2 Å². The number of nitrogens with one attached hydrogen (secondary N) is 1. The number of hydrogen-bond donors (Lipinski definition) is 1. The first-order chi connectivity index (χ1) is 14.2. The van der Waals surface area contributed by atoms with Gasteiger partial charge >= 0.3 is 0 Å². The van der Waals surface area contributed by atoms with Crippen LogP contribution in [0.25, 0.3) is 0 Å². The normalized spacial score (nSPS) is 23.7. The third-order valence-corrected chi connectivity index (χ3v) is 6.73. The molecule has 4 rings (SSSR count). The molecule has 1 aliphatic carbocycles. The van der Waals surface area contributed by atoms with Crippen molar-refractivity contribution < 1.29 is 9.59 Å². The van der Waals surface area contributed by atoms with E-state index in [2.05, 4.69) is 20.1 Å². The first-order valence-corrected chi connectivity index (χ1v) is 11.4. The van der Waals surface area contributed by atoms with Crippen LogP contribution < -0.4 is 5.32 Å². The van der Waals surface area contributed by atoms with Crippen LogP contribution in [0.2, 0.25) is 0 Å². The minimum Gasteiger partial charge on any atom is -0.356 e. The van der Waals surface area contributed by atoms with Gasteiger partial charge in [-0.1, -0.05) is 0 Å². The molecule has 2 aliphatic heterocycles.